The lowest BCUT2D eigenvalue weighted by Crippen LogP contribution is -2.32. The summed E-state index contributed by atoms with van der Waals surface area (Å²) in [5.41, 5.74) is 5.85. The number of nitrogens with two attached hydrogens (primary N) is 1. The number of hydrogen-bond donors (Lipinski definition) is 1. The third-order valence-corrected chi connectivity index (χ3v) is 2.11. The smallest absolute Gasteiger partial charge is 0.190 e. The molecule has 0 amide bonds. The Morgan fingerprint density at radius 3 is 2.43 bits per heavy atom. The van der Waals surface area contributed by atoms with Crippen LogP contribution in [0.25, 0.3) is 0 Å². The Balaban J connectivity index is 4.02. The molecule has 0 radical (unpaired) electrons. The molecule has 0 atom stereocenters. The molecule has 0 aromatic carbocycles. The van der Waals surface area contributed by atoms with Gasteiger partial charge in [0.15, 0.2) is 5.96 Å². The van der Waals surface area contributed by atoms with Gasteiger partial charge in [0, 0.05) is 34.4 Å². The highest BCUT2D eigenvalue weighted by Crippen LogP contribution is 2.20. The van der Waals surface area contributed by atoms with E-state index in [-0.39, 0.29) is 5.41 Å². The molecule has 0 fully saturated rings. The first-order valence-electron chi connectivity index (χ1n) is 4.85. The standard InChI is InChI=1S/C10H23N3O/c1-10(2,6-7-14-5)8-12-9(11)13(3)4/h6-8H2,1-5H3,(H2,11,12). The molecule has 0 aromatic heterocycles. The highest BCUT2D eigenvalue weighted by atomic mass is 16.5. The predicted octanol–water partition coefficient (Wildman–Crippen LogP) is 0.925. The van der Waals surface area contributed by atoms with E-state index in [0.717, 1.165) is 19.6 Å². The lowest BCUT2D eigenvalue weighted by atomic mass is 9.90. The second kappa shape index (κ2) is 5.86. The van der Waals surface area contributed by atoms with E-state index >= 15 is 0 Å². The molecule has 0 aliphatic heterocycles. The maximum Gasteiger partial charge on any atom is 0.190 e. The third kappa shape index (κ3) is 5.80. The van der Waals surface area contributed by atoms with Crippen molar-refractivity contribution in [1.82, 2.24) is 4.90 Å². The predicted molar refractivity (Wildman–Crippen MR) is 60.5 cm³/mol. The lowest BCUT2D eigenvalue weighted by molar-refractivity contribution is 0.155. The van der Waals surface area contributed by atoms with Crippen molar-refractivity contribution in [3.63, 3.8) is 0 Å². The van der Waals surface area contributed by atoms with Gasteiger partial charge in [-0.2, -0.15) is 0 Å². The monoisotopic (exact) mass is 201 g/mol. The number of methoxy groups -OCH3 is 1. The van der Waals surface area contributed by atoms with Crippen LogP contribution in [0.3, 0.4) is 0 Å². The summed E-state index contributed by atoms with van der Waals surface area (Å²) in [6, 6.07) is 0. The quantitative estimate of drug-likeness (QED) is 0.531. The van der Waals surface area contributed by atoms with Gasteiger partial charge in [0.25, 0.3) is 0 Å². The summed E-state index contributed by atoms with van der Waals surface area (Å²) in [6.07, 6.45) is 0.994. The van der Waals surface area contributed by atoms with Gasteiger partial charge in [0.2, 0.25) is 0 Å². The fourth-order valence-electron chi connectivity index (χ4n) is 0.894. The second-order valence-electron chi connectivity index (χ2n) is 4.48. The van der Waals surface area contributed by atoms with Gasteiger partial charge in [-0.15, -0.1) is 0 Å². The molecular formula is C10H23N3O. The van der Waals surface area contributed by atoms with E-state index in [1.165, 1.54) is 0 Å². The van der Waals surface area contributed by atoms with Gasteiger partial charge in [0.05, 0.1) is 0 Å². The van der Waals surface area contributed by atoms with Crippen molar-refractivity contribution >= 4 is 5.96 Å². The van der Waals surface area contributed by atoms with E-state index < -0.39 is 0 Å². The molecule has 0 saturated heterocycles. The maximum atomic E-state index is 5.70. The molecule has 0 aliphatic carbocycles. The minimum atomic E-state index is 0.149. The Bertz CT molecular complexity index is 188. The molecule has 0 rings (SSSR count). The van der Waals surface area contributed by atoms with Crippen molar-refractivity contribution in [2.24, 2.45) is 16.1 Å². The number of nitrogens with zero attached hydrogens (tertiary/aromatic N) is 2. The molecule has 0 saturated carbocycles. The van der Waals surface area contributed by atoms with Crippen LogP contribution in [-0.4, -0.2) is 45.2 Å². The minimum absolute atomic E-state index is 0.149. The number of rotatable bonds is 5. The molecule has 4 nitrogen and oxygen atoms in total. The van der Waals surface area contributed by atoms with E-state index in [4.69, 9.17) is 10.5 Å². The highest BCUT2D eigenvalue weighted by molar-refractivity contribution is 5.77. The second-order valence-corrected chi connectivity index (χ2v) is 4.48. The molecule has 0 heterocycles. The minimum Gasteiger partial charge on any atom is -0.385 e. The van der Waals surface area contributed by atoms with Gasteiger partial charge in [-0.05, 0) is 11.8 Å². The molecule has 14 heavy (non-hydrogen) atoms. The Labute approximate surface area is 87.1 Å². The van der Waals surface area contributed by atoms with Crippen molar-refractivity contribution < 1.29 is 4.74 Å². The fraction of sp³-hybridized carbons (Fsp3) is 0.900. The fourth-order valence-corrected chi connectivity index (χ4v) is 0.894. The van der Waals surface area contributed by atoms with Crippen molar-refractivity contribution in [2.75, 3.05) is 34.4 Å². The van der Waals surface area contributed by atoms with E-state index in [2.05, 4.69) is 18.8 Å². The maximum absolute atomic E-state index is 5.70. The van der Waals surface area contributed by atoms with Crippen molar-refractivity contribution in [3.8, 4) is 0 Å². The summed E-state index contributed by atoms with van der Waals surface area (Å²) in [7, 11) is 5.50. The number of ether oxygens (including phenoxy) is 1. The van der Waals surface area contributed by atoms with Crippen molar-refractivity contribution in [1.29, 1.82) is 0 Å². The average molecular weight is 201 g/mol. The van der Waals surface area contributed by atoms with Gasteiger partial charge >= 0.3 is 0 Å². The van der Waals surface area contributed by atoms with Crippen LogP contribution in [-0.2, 0) is 4.74 Å². The van der Waals surface area contributed by atoms with Crippen LogP contribution >= 0.6 is 0 Å². The molecule has 4 heteroatoms. The molecule has 0 aliphatic rings. The van der Waals surface area contributed by atoms with Crippen LogP contribution in [0, 0.1) is 5.41 Å². The zero-order chi connectivity index (χ0) is 11.2. The summed E-state index contributed by atoms with van der Waals surface area (Å²) in [5.74, 6) is 0.579. The summed E-state index contributed by atoms with van der Waals surface area (Å²) in [4.78, 5) is 6.12. The Morgan fingerprint density at radius 2 is 2.00 bits per heavy atom. The molecule has 0 spiro atoms. The van der Waals surface area contributed by atoms with Crippen molar-refractivity contribution in [2.45, 2.75) is 20.3 Å². The first-order chi connectivity index (χ1) is 6.39. The van der Waals surface area contributed by atoms with Crippen LogP contribution in [0.5, 0.6) is 0 Å². The SMILES string of the molecule is COCCC(C)(C)CN=C(N)N(C)C. The number of hydrogen-bond acceptors (Lipinski definition) is 2. The van der Waals surface area contributed by atoms with Crippen LogP contribution in [0.2, 0.25) is 0 Å². The van der Waals surface area contributed by atoms with E-state index in [0.29, 0.717) is 5.96 Å². The molecule has 0 unspecified atom stereocenters. The summed E-state index contributed by atoms with van der Waals surface area (Å²) < 4.78 is 5.04. The van der Waals surface area contributed by atoms with Crippen LogP contribution < -0.4 is 5.73 Å². The first-order valence-corrected chi connectivity index (χ1v) is 4.85. The molecular weight excluding hydrogens is 178 g/mol. The summed E-state index contributed by atoms with van der Waals surface area (Å²) >= 11 is 0. The van der Waals surface area contributed by atoms with Crippen LogP contribution in [0.1, 0.15) is 20.3 Å². The Hall–Kier alpha value is -0.770. The highest BCUT2D eigenvalue weighted by Gasteiger charge is 2.17. The first kappa shape index (κ1) is 13.2. The van der Waals surface area contributed by atoms with E-state index in [1.807, 2.05) is 19.0 Å². The van der Waals surface area contributed by atoms with E-state index in [9.17, 15) is 0 Å². The Morgan fingerprint density at radius 1 is 1.43 bits per heavy atom. The zero-order valence-electron chi connectivity index (χ0n) is 10.0. The number of guanidine groups is 1. The third-order valence-electron chi connectivity index (χ3n) is 2.11. The summed E-state index contributed by atoms with van der Waals surface area (Å²) in [6.45, 7) is 5.84. The van der Waals surface area contributed by atoms with Gasteiger partial charge in [-0.1, -0.05) is 13.8 Å². The van der Waals surface area contributed by atoms with Crippen LogP contribution in [0.4, 0.5) is 0 Å². The lowest BCUT2D eigenvalue weighted by Gasteiger charge is -2.22. The van der Waals surface area contributed by atoms with Gasteiger partial charge in [0.1, 0.15) is 0 Å². The summed E-state index contributed by atoms with van der Waals surface area (Å²) in [5, 5.41) is 0. The molecule has 84 valence electrons. The zero-order valence-corrected chi connectivity index (χ0v) is 10.0. The largest absolute Gasteiger partial charge is 0.385 e. The molecule has 0 bridgehead atoms. The topological polar surface area (TPSA) is 50.9 Å². The van der Waals surface area contributed by atoms with Gasteiger partial charge in [-0.25, -0.2) is 0 Å². The van der Waals surface area contributed by atoms with Crippen molar-refractivity contribution in [3.05, 3.63) is 0 Å². The van der Waals surface area contributed by atoms with E-state index in [1.54, 1.807) is 7.11 Å². The molecule has 0 aromatic rings. The molecule has 2 N–H and O–H groups in total. The van der Waals surface area contributed by atoms with Gasteiger partial charge < -0.3 is 15.4 Å². The van der Waals surface area contributed by atoms with Gasteiger partial charge in [-0.3, -0.25) is 4.99 Å². The number of aliphatic imine (C=N–C) groups is 1. The van der Waals surface area contributed by atoms with Crippen LogP contribution in [0.15, 0.2) is 4.99 Å². The average Bonchev–Trinajstić information content (AvgIpc) is 2.11. The normalized spacial score (nSPS) is 13.1. The Kier molecular flexibility index (Phi) is 5.53.